The maximum atomic E-state index is 10.9. The Balaban J connectivity index is 2.44. The molecule has 0 aliphatic heterocycles. The Morgan fingerprint density at radius 3 is 2.43 bits per heavy atom. The van der Waals surface area contributed by atoms with Crippen LogP contribution in [0.1, 0.15) is 5.69 Å². The van der Waals surface area contributed by atoms with Crippen LogP contribution in [0.2, 0.25) is 0 Å². The molecule has 0 unspecified atom stereocenters. The van der Waals surface area contributed by atoms with Gasteiger partial charge in [-0.1, -0.05) is 0 Å². The third kappa shape index (κ3) is 1.69. The molecule has 2 rings (SSSR count). The highest BCUT2D eigenvalue weighted by Crippen LogP contribution is 1.99. The molecule has 4 nitrogen and oxygen atoms in total. The summed E-state index contributed by atoms with van der Waals surface area (Å²) < 4.78 is 1.74. The summed E-state index contributed by atoms with van der Waals surface area (Å²) in [7, 11) is 0. The number of nitrogens with zero attached hydrogens (tertiary/aromatic N) is 3. The lowest BCUT2D eigenvalue weighted by molar-refractivity contribution is 0.946. The van der Waals surface area contributed by atoms with Crippen molar-refractivity contribution in [2.45, 2.75) is 6.92 Å². The van der Waals surface area contributed by atoms with Crippen molar-refractivity contribution in [3.05, 3.63) is 52.8 Å². The largest absolute Gasteiger partial charge is 0.307 e. The summed E-state index contributed by atoms with van der Waals surface area (Å²) in [5.41, 5.74) is 0.858. The Bertz CT molecular complexity index is 467. The lowest BCUT2D eigenvalue weighted by Gasteiger charge is -2.03. The van der Waals surface area contributed by atoms with Gasteiger partial charge >= 0.3 is 0 Å². The number of aromatic nitrogens is 3. The van der Waals surface area contributed by atoms with Gasteiger partial charge in [0.05, 0.1) is 18.1 Å². The molecule has 0 radical (unpaired) electrons. The molecule has 0 bridgehead atoms. The van der Waals surface area contributed by atoms with Gasteiger partial charge in [-0.2, -0.15) is 0 Å². The highest BCUT2D eigenvalue weighted by molar-refractivity contribution is 5.19. The normalized spacial score (nSPS) is 10.1. The first-order valence-electron chi connectivity index (χ1n) is 4.23. The summed E-state index contributed by atoms with van der Waals surface area (Å²) in [4.78, 5) is 19.2. The van der Waals surface area contributed by atoms with Crippen molar-refractivity contribution in [2.24, 2.45) is 0 Å². The molecular formula is C10H9N3O. The molecule has 2 heterocycles. The predicted octanol–water partition coefficient (Wildman–Crippen LogP) is 0.936. The number of hydrogen-bond acceptors (Lipinski definition) is 3. The van der Waals surface area contributed by atoms with E-state index < -0.39 is 0 Å². The fourth-order valence-electron chi connectivity index (χ4n) is 1.08. The van der Waals surface area contributed by atoms with E-state index >= 15 is 0 Å². The number of pyridine rings is 1. The molecule has 14 heavy (non-hydrogen) atoms. The van der Waals surface area contributed by atoms with Crippen molar-refractivity contribution < 1.29 is 0 Å². The molecule has 0 saturated heterocycles. The van der Waals surface area contributed by atoms with E-state index in [1.54, 1.807) is 29.4 Å². The zero-order valence-electron chi connectivity index (χ0n) is 7.71. The van der Waals surface area contributed by atoms with Gasteiger partial charge in [-0.25, -0.2) is 4.98 Å². The average molecular weight is 187 g/mol. The van der Waals surface area contributed by atoms with Crippen molar-refractivity contribution in [2.75, 3.05) is 0 Å². The molecule has 0 fully saturated rings. The third-order valence-electron chi connectivity index (χ3n) is 1.83. The van der Waals surface area contributed by atoms with Crippen LogP contribution < -0.4 is 5.43 Å². The first-order chi connectivity index (χ1) is 6.75. The third-order valence-corrected chi connectivity index (χ3v) is 1.83. The molecule has 0 atom stereocenters. The van der Waals surface area contributed by atoms with Crippen LogP contribution in [0, 0.1) is 6.92 Å². The highest BCUT2D eigenvalue weighted by atomic mass is 16.1. The average Bonchev–Trinajstić information content (AvgIpc) is 2.21. The van der Waals surface area contributed by atoms with Crippen LogP contribution in [0.25, 0.3) is 5.82 Å². The van der Waals surface area contributed by atoms with Crippen molar-refractivity contribution in [1.29, 1.82) is 0 Å². The van der Waals surface area contributed by atoms with Crippen molar-refractivity contribution in [3.63, 3.8) is 0 Å². The van der Waals surface area contributed by atoms with Crippen LogP contribution in [0.5, 0.6) is 0 Å². The van der Waals surface area contributed by atoms with E-state index in [2.05, 4.69) is 9.97 Å². The molecule has 0 N–H and O–H groups in total. The standard InChI is InChI=1S/C10H9N3O/c1-8-6-12-10(7-11-8)13-4-2-9(14)3-5-13/h2-7H,1H3. The van der Waals surface area contributed by atoms with Gasteiger partial charge in [0.15, 0.2) is 11.2 Å². The predicted molar refractivity (Wildman–Crippen MR) is 52.4 cm³/mol. The molecule has 0 aliphatic rings. The zero-order valence-corrected chi connectivity index (χ0v) is 7.71. The Labute approximate surface area is 80.9 Å². The summed E-state index contributed by atoms with van der Waals surface area (Å²) >= 11 is 0. The highest BCUT2D eigenvalue weighted by Gasteiger charge is 1.95. The molecule has 0 saturated carbocycles. The van der Waals surface area contributed by atoms with Gasteiger partial charge in [-0.05, 0) is 6.92 Å². The first kappa shape index (κ1) is 8.62. The van der Waals surface area contributed by atoms with Crippen LogP contribution in [-0.4, -0.2) is 14.5 Å². The lowest BCUT2D eigenvalue weighted by atomic mass is 10.4. The molecule has 0 amide bonds. The van der Waals surface area contributed by atoms with Crippen molar-refractivity contribution in [1.82, 2.24) is 14.5 Å². The van der Waals surface area contributed by atoms with E-state index in [9.17, 15) is 4.79 Å². The molecule has 70 valence electrons. The molecule has 2 aromatic rings. The van der Waals surface area contributed by atoms with Crippen LogP contribution in [0.15, 0.2) is 41.7 Å². The number of aryl methyl sites for hydroxylation is 1. The molecule has 0 spiro atoms. The van der Waals surface area contributed by atoms with Gasteiger partial charge in [0, 0.05) is 24.5 Å². The first-order valence-corrected chi connectivity index (χ1v) is 4.23. The van der Waals surface area contributed by atoms with Crippen molar-refractivity contribution in [3.8, 4) is 5.82 Å². The van der Waals surface area contributed by atoms with E-state index in [1.807, 2.05) is 6.92 Å². The van der Waals surface area contributed by atoms with Gasteiger partial charge in [-0.15, -0.1) is 0 Å². The summed E-state index contributed by atoms with van der Waals surface area (Å²) in [6.07, 6.45) is 6.69. The maximum absolute atomic E-state index is 10.9. The number of rotatable bonds is 1. The van der Waals surface area contributed by atoms with Gasteiger partial charge in [0.25, 0.3) is 0 Å². The second kappa shape index (κ2) is 3.41. The molecule has 2 aromatic heterocycles. The van der Waals surface area contributed by atoms with E-state index in [4.69, 9.17) is 0 Å². The fraction of sp³-hybridized carbons (Fsp3) is 0.100. The minimum absolute atomic E-state index is 0.0127. The maximum Gasteiger partial charge on any atom is 0.181 e. The summed E-state index contributed by atoms with van der Waals surface area (Å²) in [6, 6.07) is 2.98. The van der Waals surface area contributed by atoms with E-state index in [1.165, 1.54) is 12.1 Å². The lowest BCUT2D eigenvalue weighted by Crippen LogP contribution is -2.03. The molecule has 0 aromatic carbocycles. The van der Waals surface area contributed by atoms with Crippen LogP contribution in [0.4, 0.5) is 0 Å². The smallest absolute Gasteiger partial charge is 0.181 e. The second-order valence-electron chi connectivity index (χ2n) is 2.96. The Hall–Kier alpha value is -1.97. The fourth-order valence-corrected chi connectivity index (χ4v) is 1.08. The zero-order chi connectivity index (χ0) is 9.97. The molecular weight excluding hydrogens is 178 g/mol. The second-order valence-corrected chi connectivity index (χ2v) is 2.96. The Kier molecular flexibility index (Phi) is 2.10. The summed E-state index contributed by atoms with van der Waals surface area (Å²) in [5.74, 6) is 0.704. The van der Waals surface area contributed by atoms with Gasteiger partial charge < -0.3 is 4.57 Å². The topological polar surface area (TPSA) is 47.8 Å². The van der Waals surface area contributed by atoms with E-state index in [0.29, 0.717) is 5.82 Å². The quantitative estimate of drug-likeness (QED) is 0.667. The number of hydrogen-bond donors (Lipinski definition) is 0. The van der Waals surface area contributed by atoms with Crippen LogP contribution in [0.3, 0.4) is 0 Å². The SMILES string of the molecule is Cc1cnc(-n2ccc(=O)cc2)cn1. The Morgan fingerprint density at radius 1 is 1.14 bits per heavy atom. The molecule has 0 aliphatic carbocycles. The van der Waals surface area contributed by atoms with E-state index in [0.717, 1.165) is 5.69 Å². The Morgan fingerprint density at radius 2 is 1.86 bits per heavy atom. The van der Waals surface area contributed by atoms with Crippen LogP contribution >= 0.6 is 0 Å². The minimum Gasteiger partial charge on any atom is -0.307 e. The molecule has 4 heteroatoms. The summed E-state index contributed by atoms with van der Waals surface area (Å²) in [6.45, 7) is 1.88. The van der Waals surface area contributed by atoms with Crippen LogP contribution in [-0.2, 0) is 0 Å². The van der Waals surface area contributed by atoms with Gasteiger partial charge in [0.1, 0.15) is 0 Å². The monoisotopic (exact) mass is 187 g/mol. The van der Waals surface area contributed by atoms with Gasteiger partial charge in [0.2, 0.25) is 0 Å². The van der Waals surface area contributed by atoms with Crippen molar-refractivity contribution >= 4 is 0 Å². The minimum atomic E-state index is -0.0127. The van der Waals surface area contributed by atoms with Gasteiger partial charge in [-0.3, -0.25) is 9.78 Å². The summed E-state index contributed by atoms with van der Waals surface area (Å²) in [5, 5.41) is 0. The van der Waals surface area contributed by atoms with E-state index in [-0.39, 0.29) is 5.43 Å².